The summed E-state index contributed by atoms with van der Waals surface area (Å²) in [7, 11) is 0. The highest BCUT2D eigenvalue weighted by atomic mass is 19.1. The van der Waals surface area contributed by atoms with Crippen LogP contribution in [0.4, 0.5) is 20.2 Å². The Hall–Kier alpha value is -2.57. The van der Waals surface area contributed by atoms with Crippen molar-refractivity contribution in [2.24, 2.45) is 0 Å². The molecule has 0 atom stereocenters. The first-order valence-corrected chi connectivity index (χ1v) is 6.20. The number of anilines is 2. The number of hydrogen-bond donors (Lipinski definition) is 2. The Morgan fingerprint density at radius 1 is 1.29 bits per heavy atom. The maximum absolute atomic E-state index is 13.6. The molecule has 2 rings (SSSR count). The second-order valence-corrected chi connectivity index (χ2v) is 4.70. The third kappa shape index (κ3) is 3.31. The molecule has 0 aliphatic heterocycles. The van der Waals surface area contributed by atoms with Gasteiger partial charge >= 0.3 is 5.97 Å². The average Bonchev–Trinajstić information content (AvgIpc) is 2.41. The molecule has 0 saturated heterocycles. The van der Waals surface area contributed by atoms with Gasteiger partial charge in [0.2, 0.25) is 0 Å². The highest BCUT2D eigenvalue weighted by Gasteiger charge is 2.17. The van der Waals surface area contributed by atoms with Crippen LogP contribution in [0.5, 0.6) is 0 Å². The van der Waals surface area contributed by atoms with Gasteiger partial charge in [0.1, 0.15) is 17.5 Å². The molecular formula is C14H13F2N3O2. The largest absolute Gasteiger partial charge is 0.476 e. The molecule has 0 spiro atoms. The topological polar surface area (TPSA) is 75.1 Å². The molecule has 110 valence electrons. The lowest BCUT2D eigenvalue weighted by atomic mass is 10.2. The van der Waals surface area contributed by atoms with Crippen LogP contribution in [0.3, 0.4) is 0 Å². The van der Waals surface area contributed by atoms with E-state index in [0.717, 1.165) is 6.07 Å². The summed E-state index contributed by atoms with van der Waals surface area (Å²) in [4.78, 5) is 19.2. The predicted molar refractivity (Wildman–Crippen MR) is 72.7 cm³/mol. The number of hydrogen-bond acceptors (Lipinski definition) is 4. The highest BCUT2D eigenvalue weighted by Crippen LogP contribution is 2.23. The Bertz CT molecular complexity index is 690. The Morgan fingerprint density at radius 2 is 2.00 bits per heavy atom. The monoisotopic (exact) mass is 293 g/mol. The third-order valence-corrected chi connectivity index (χ3v) is 2.73. The van der Waals surface area contributed by atoms with E-state index in [9.17, 15) is 18.7 Å². The summed E-state index contributed by atoms with van der Waals surface area (Å²) in [5.41, 5.74) is -0.283. The molecule has 2 aromatic rings. The Morgan fingerprint density at radius 3 is 2.57 bits per heavy atom. The first-order chi connectivity index (χ1) is 9.88. The molecule has 0 aliphatic carbocycles. The minimum Gasteiger partial charge on any atom is -0.476 e. The lowest BCUT2D eigenvalue weighted by molar-refractivity contribution is 0.0691. The Kier molecular flexibility index (Phi) is 4.11. The zero-order valence-electron chi connectivity index (χ0n) is 11.4. The van der Waals surface area contributed by atoms with Crippen molar-refractivity contribution in [3.63, 3.8) is 0 Å². The molecule has 0 bridgehead atoms. The number of nitrogens with one attached hydrogen (secondary N) is 1. The number of rotatable bonds is 4. The van der Waals surface area contributed by atoms with Crippen LogP contribution in [0.2, 0.25) is 0 Å². The Balaban J connectivity index is 2.41. The first-order valence-electron chi connectivity index (χ1n) is 6.20. The molecule has 1 aromatic carbocycles. The van der Waals surface area contributed by atoms with Crippen LogP contribution in [0, 0.1) is 11.6 Å². The van der Waals surface area contributed by atoms with E-state index >= 15 is 0 Å². The van der Waals surface area contributed by atoms with Crippen LogP contribution in [0.25, 0.3) is 0 Å². The second kappa shape index (κ2) is 5.82. The zero-order valence-corrected chi connectivity index (χ0v) is 11.4. The van der Waals surface area contributed by atoms with E-state index in [-0.39, 0.29) is 23.0 Å². The van der Waals surface area contributed by atoms with Crippen LogP contribution in [-0.2, 0) is 0 Å². The van der Waals surface area contributed by atoms with E-state index in [4.69, 9.17) is 0 Å². The molecule has 0 fully saturated rings. The van der Waals surface area contributed by atoms with Crippen LogP contribution < -0.4 is 5.32 Å². The number of benzene rings is 1. The quantitative estimate of drug-likeness (QED) is 0.904. The summed E-state index contributed by atoms with van der Waals surface area (Å²) in [5, 5.41) is 11.7. The summed E-state index contributed by atoms with van der Waals surface area (Å²) < 4.78 is 26.4. The van der Waals surface area contributed by atoms with E-state index < -0.39 is 17.6 Å². The maximum Gasteiger partial charge on any atom is 0.356 e. The molecule has 0 amide bonds. The van der Waals surface area contributed by atoms with Gasteiger partial charge in [-0.05, 0) is 12.1 Å². The molecular weight excluding hydrogens is 280 g/mol. The van der Waals surface area contributed by atoms with E-state index in [0.29, 0.717) is 11.9 Å². The van der Waals surface area contributed by atoms with Gasteiger partial charge in [-0.15, -0.1) is 0 Å². The fourth-order valence-electron chi connectivity index (χ4n) is 1.66. The van der Waals surface area contributed by atoms with Gasteiger partial charge in [-0.3, -0.25) is 0 Å². The van der Waals surface area contributed by atoms with E-state index in [1.807, 2.05) is 13.8 Å². The number of carboxylic acid groups (broad SMARTS) is 1. The fraction of sp³-hybridized carbons (Fsp3) is 0.214. The van der Waals surface area contributed by atoms with Gasteiger partial charge in [-0.1, -0.05) is 13.8 Å². The summed E-state index contributed by atoms with van der Waals surface area (Å²) in [6.07, 6.45) is 1.27. The molecule has 1 heterocycles. The van der Waals surface area contributed by atoms with Gasteiger partial charge in [0.25, 0.3) is 0 Å². The van der Waals surface area contributed by atoms with E-state index in [1.165, 1.54) is 12.3 Å². The van der Waals surface area contributed by atoms with E-state index in [1.54, 1.807) is 0 Å². The lowest BCUT2D eigenvalue weighted by Gasteiger charge is -2.11. The fourth-order valence-corrected chi connectivity index (χ4v) is 1.66. The normalized spacial score (nSPS) is 10.7. The summed E-state index contributed by atoms with van der Waals surface area (Å²) in [6, 6.07) is 2.94. The molecule has 2 N–H and O–H groups in total. The lowest BCUT2D eigenvalue weighted by Crippen LogP contribution is -2.10. The van der Waals surface area contributed by atoms with Gasteiger partial charge in [-0.25, -0.2) is 23.5 Å². The van der Waals surface area contributed by atoms with E-state index in [2.05, 4.69) is 15.3 Å². The highest BCUT2D eigenvalue weighted by molar-refractivity contribution is 5.92. The number of halogens is 2. The SMILES string of the molecule is CC(C)c1ncc(Nc2ccc(F)cc2F)c(C(=O)O)n1. The molecule has 1 aromatic heterocycles. The zero-order chi connectivity index (χ0) is 15.6. The predicted octanol–water partition coefficient (Wildman–Crippen LogP) is 3.32. The second-order valence-electron chi connectivity index (χ2n) is 4.70. The van der Waals surface area contributed by atoms with Crippen LogP contribution in [-0.4, -0.2) is 21.0 Å². The molecule has 0 saturated carbocycles. The summed E-state index contributed by atoms with van der Waals surface area (Å²) >= 11 is 0. The molecule has 0 aliphatic rings. The van der Waals surface area contributed by atoms with Crippen molar-refractivity contribution >= 4 is 17.3 Å². The van der Waals surface area contributed by atoms with Crippen LogP contribution in [0.15, 0.2) is 24.4 Å². The number of carbonyl (C=O) groups is 1. The van der Waals surface area contributed by atoms with Crippen molar-refractivity contribution in [1.29, 1.82) is 0 Å². The van der Waals surface area contributed by atoms with Crippen molar-refractivity contribution in [3.8, 4) is 0 Å². The molecule has 5 nitrogen and oxygen atoms in total. The van der Waals surface area contributed by atoms with Crippen molar-refractivity contribution in [2.75, 3.05) is 5.32 Å². The number of carboxylic acids is 1. The van der Waals surface area contributed by atoms with Crippen LogP contribution >= 0.6 is 0 Å². The van der Waals surface area contributed by atoms with Crippen molar-refractivity contribution < 1.29 is 18.7 Å². The molecule has 7 heteroatoms. The average molecular weight is 293 g/mol. The Labute approximate surface area is 119 Å². The standard InChI is InChI=1S/C14H13F2N3O2/c1-7(2)13-17-6-11(12(19-13)14(20)21)18-10-4-3-8(15)5-9(10)16/h3-7,18H,1-2H3,(H,20,21). The number of nitrogens with zero attached hydrogens (tertiary/aromatic N) is 2. The van der Waals surface area contributed by atoms with Crippen molar-refractivity contribution in [2.45, 2.75) is 19.8 Å². The summed E-state index contributed by atoms with van der Waals surface area (Å²) in [5.74, 6) is -2.48. The number of aromatic carboxylic acids is 1. The van der Waals surface area contributed by atoms with Crippen molar-refractivity contribution in [1.82, 2.24) is 9.97 Å². The minimum atomic E-state index is -1.26. The van der Waals surface area contributed by atoms with Crippen LogP contribution in [0.1, 0.15) is 36.1 Å². The molecule has 0 radical (unpaired) electrons. The third-order valence-electron chi connectivity index (χ3n) is 2.73. The van der Waals surface area contributed by atoms with Gasteiger partial charge in [-0.2, -0.15) is 0 Å². The van der Waals surface area contributed by atoms with Crippen molar-refractivity contribution in [3.05, 3.63) is 47.5 Å². The minimum absolute atomic E-state index is 0.0393. The van der Waals surface area contributed by atoms with Gasteiger partial charge < -0.3 is 10.4 Å². The van der Waals surface area contributed by atoms with Gasteiger partial charge in [0.15, 0.2) is 5.69 Å². The molecule has 0 unspecified atom stereocenters. The summed E-state index contributed by atoms with van der Waals surface area (Å²) in [6.45, 7) is 3.65. The first kappa shape index (κ1) is 14.8. The smallest absolute Gasteiger partial charge is 0.356 e. The number of aromatic nitrogens is 2. The molecule has 21 heavy (non-hydrogen) atoms. The van der Waals surface area contributed by atoms with Gasteiger partial charge in [0.05, 0.1) is 17.6 Å². The maximum atomic E-state index is 13.6. The van der Waals surface area contributed by atoms with Gasteiger partial charge in [0, 0.05) is 12.0 Å².